The number of halogens is 1. The van der Waals surface area contributed by atoms with Gasteiger partial charge in [0.2, 0.25) is 5.91 Å². The van der Waals surface area contributed by atoms with Crippen molar-refractivity contribution in [2.45, 2.75) is 31.7 Å². The average molecular weight is 388 g/mol. The molecule has 150 valence electrons. The zero-order chi connectivity index (χ0) is 19.7. The largest absolute Gasteiger partial charge is 0.371 e. The first-order valence-corrected chi connectivity index (χ1v) is 9.77. The van der Waals surface area contributed by atoms with Gasteiger partial charge in [0.05, 0.1) is 12.6 Å². The Labute approximate surface area is 162 Å². The van der Waals surface area contributed by atoms with Crippen LogP contribution < -0.4 is 5.69 Å². The molecular weight excluding hydrogens is 363 g/mol. The maximum Gasteiger partial charge on any atom is 0.343 e. The predicted molar refractivity (Wildman–Crippen MR) is 100 cm³/mol. The molecule has 2 atom stereocenters. The lowest BCUT2D eigenvalue weighted by atomic mass is 9.94. The highest BCUT2D eigenvalue weighted by Gasteiger charge is 2.47. The summed E-state index contributed by atoms with van der Waals surface area (Å²) in [5, 5.41) is 6.68. The maximum atomic E-state index is 13.2. The van der Waals surface area contributed by atoms with Gasteiger partial charge in [-0.1, -0.05) is 12.1 Å². The van der Waals surface area contributed by atoms with Crippen molar-refractivity contribution in [3.05, 3.63) is 52.0 Å². The number of hydrogen-bond acceptors (Lipinski definition) is 4. The lowest BCUT2D eigenvalue weighted by Crippen LogP contribution is -2.37. The van der Waals surface area contributed by atoms with Crippen molar-refractivity contribution in [2.24, 2.45) is 18.9 Å². The zero-order valence-electron chi connectivity index (χ0n) is 15.9. The number of rotatable bonds is 7. The summed E-state index contributed by atoms with van der Waals surface area (Å²) in [7, 11) is 1.68. The molecule has 2 heterocycles. The Bertz CT molecular complexity index is 905. The van der Waals surface area contributed by atoms with Crippen LogP contribution in [-0.2, 0) is 23.0 Å². The van der Waals surface area contributed by atoms with Crippen LogP contribution in [-0.4, -0.2) is 45.3 Å². The van der Waals surface area contributed by atoms with Crippen molar-refractivity contribution in [3.8, 4) is 0 Å². The number of nitrogens with one attached hydrogen (secondary N) is 1. The molecule has 0 radical (unpaired) electrons. The summed E-state index contributed by atoms with van der Waals surface area (Å²) in [6.07, 6.45) is 3.82. The smallest absolute Gasteiger partial charge is 0.343 e. The predicted octanol–water partition coefficient (Wildman–Crippen LogP) is 1.81. The van der Waals surface area contributed by atoms with Gasteiger partial charge in [-0.15, -0.1) is 0 Å². The lowest BCUT2D eigenvalue weighted by Gasteiger charge is -2.27. The van der Waals surface area contributed by atoms with Crippen LogP contribution in [0.4, 0.5) is 4.39 Å². The quantitative estimate of drug-likeness (QED) is 0.734. The van der Waals surface area contributed by atoms with Crippen LogP contribution in [0.1, 0.15) is 36.7 Å². The van der Waals surface area contributed by atoms with E-state index in [2.05, 4.69) is 10.2 Å². The normalized spacial score (nSPS) is 22.0. The summed E-state index contributed by atoms with van der Waals surface area (Å²) in [6.45, 7) is 0.973. The number of likely N-dealkylation sites (tertiary alicyclic amines) is 1. The van der Waals surface area contributed by atoms with Gasteiger partial charge in [-0.25, -0.2) is 14.3 Å². The number of amides is 1. The molecule has 0 spiro atoms. The van der Waals surface area contributed by atoms with Crippen molar-refractivity contribution >= 4 is 5.91 Å². The van der Waals surface area contributed by atoms with Crippen molar-refractivity contribution in [1.82, 2.24) is 19.7 Å². The number of nitrogens with zero attached hydrogens (tertiary/aromatic N) is 3. The average Bonchev–Trinajstić information content (AvgIpc) is 3.35. The molecule has 8 heteroatoms. The first kappa shape index (κ1) is 18.9. The van der Waals surface area contributed by atoms with E-state index in [1.54, 1.807) is 18.0 Å². The lowest BCUT2D eigenvalue weighted by molar-refractivity contribution is -0.137. The zero-order valence-corrected chi connectivity index (χ0v) is 15.9. The van der Waals surface area contributed by atoms with Gasteiger partial charge in [0.15, 0.2) is 5.82 Å². The van der Waals surface area contributed by atoms with Crippen LogP contribution in [0, 0.1) is 17.7 Å². The molecule has 1 aromatic heterocycles. The number of H-pyrrole nitrogens is 1. The van der Waals surface area contributed by atoms with Crippen LogP contribution in [0.25, 0.3) is 0 Å². The molecular formula is C20H25FN4O3. The van der Waals surface area contributed by atoms with Crippen LogP contribution in [0.3, 0.4) is 0 Å². The Morgan fingerprint density at radius 2 is 2.18 bits per heavy atom. The van der Waals surface area contributed by atoms with Gasteiger partial charge in [0, 0.05) is 13.6 Å². The molecule has 1 aliphatic carbocycles. The van der Waals surface area contributed by atoms with Gasteiger partial charge in [0.25, 0.3) is 0 Å². The van der Waals surface area contributed by atoms with E-state index in [-0.39, 0.29) is 30.1 Å². The van der Waals surface area contributed by atoms with Gasteiger partial charge in [-0.2, -0.15) is 5.10 Å². The summed E-state index contributed by atoms with van der Waals surface area (Å²) >= 11 is 0. The summed E-state index contributed by atoms with van der Waals surface area (Å²) in [5.74, 6) is 1.19. The summed E-state index contributed by atoms with van der Waals surface area (Å²) in [4.78, 5) is 26.4. The second-order valence-corrected chi connectivity index (χ2v) is 7.70. The molecule has 2 unspecified atom stereocenters. The fourth-order valence-corrected chi connectivity index (χ4v) is 4.19. The molecule has 28 heavy (non-hydrogen) atoms. The summed E-state index contributed by atoms with van der Waals surface area (Å²) in [6, 6.07) is 6.19. The van der Waals surface area contributed by atoms with E-state index in [1.807, 2.05) is 6.07 Å². The first-order valence-electron chi connectivity index (χ1n) is 9.77. The molecule has 2 aromatic rings. The molecule has 1 saturated carbocycles. The van der Waals surface area contributed by atoms with E-state index in [9.17, 15) is 14.0 Å². The minimum absolute atomic E-state index is 0.0262. The van der Waals surface area contributed by atoms with E-state index >= 15 is 0 Å². The Morgan fingerprint density at radius 3 is 2.86 bits per heavy atom. The van der Waals surface area contributed by atoms with Crippen molar-refractivity contribution in [1.29, 1.82) is 0 Å². The third-order valence-electron chi connectivity index (χ3n) is 5.82. The number of hydrogen-bond donors (Lipinski definition) is 1. The van der Waals surface area contributed by atoms with E-state index in [4.69, 9.17) is 4.74 Å². The number of carbonyl (C=O) groups is 1. The fourth-order valence-electron chi connectivity index (χ4n) is 4.19. The van der Waals surface area contributed by atoms with E-state index in [0.29, 0.717) is 37.2 Å². The van der Waals surface area contributed by atoms with Gasteiger partial charge >= 0.3 is 5.69 Å². The van der Waals surface area contributed by atoms with Crippen LogP contribution in [0.2, 0.25) is 0 Å². The summed E-state index contributed by atoms with van der Waals surface area (Å²) in [5.41, 5.74) is 0.571. The van der Waals surface area contributed by atoms with Gasteiger partial charge in [0.1, 0.15) is 12.4 Å². The number of ether oxygens (including phenoxy) is 1. The Hall–Kier alpha value is -2.48. The minimum Gasteiger partial charge on any atom is -0.371 e. The highest BCUT2D eigenvalue weighted by Crippen LogP contribution is 2.49. The van der Waals surface area contributed by atoms with Crippen LogP contribution in [0.15, 0.2) is 29.1 Å². The minimum atomic E-state index is -0.274. The van der Waals surface area contributed by atoms with Crippen LogP contribution >= 0.6 is 0 Å². The number of aromatic amines is 1. The number of aromatic nitrogens is 3. The maximum absolute atomic E-state index is 13.2. The number of benzene rings is 1. The van der Waals surface area contributed by atoms with Crippen molar-refractivity contribution in [3.63, 3.8) is 0 Å². The Morgan fingerprint density at radius 1 is 1.36 bits per heavy atom. The Kier molecular flexibility index (Phi) is 5.30. The molecule has 1 N–H and O–H groups in total. The molecule has 1 saturated heterocycles. The summed E-state index contributed by atoms with van der Waals surface area (Å²) < 4.78 is 20.3. The highest BCUT2D eigenvalue weighted by molar-refractivity contribution is 5.78. The molecule has 1 aromatic carbocycles. The van der Waals surface area contributed by atoms with E-state index < -0.39 is 0 Å². The second kappa shape index (κ2) is 7.87. The molecule has 2 fully saturated rings. The third-order valence-corrected chi connectivity index (χ3v) is 5.82. The van der Waals surface area contributed by atoms with Crippen LogP contribution in [0.5, 0.6) is 0 Å². The van der Waals surface area contributed by atoms with Gasteiger partial charge in [-0.05, 0) is 55.2 Å². The standard InChI is InChI=1S/C20H25FN4O3/c1-24-19(22-23-20(24)27)18-16(14-5-6-14)7-9-25(18)17(26)12-28-10-8-13-3-2-4-15(21)11-13/h2-4,11,14,16,18H,5-10,12H2,1H3,(H,23,27). The van der Waals surface area contributed by atoms with Crippen molar-refractivity contribution < 1.29 is 13.9 Å². The second-order valence-electron chi connectivity index (χ2n) is 7.70. The molecule has 1 aliphatic heterocycles. The van der Waals surface area contributed by atoms with E-state index in [0.717, 1.165) is 12.0 Å². The monoisotopic (exact) mass is 388 g/mol. The number of carbonyl (C=O) groups excluding carboxylic acids is 1. The van der Waals surface area contributed by atoms with Crippen molar-refractivity contribution in [2.75, 3.05) is 19.8 Å². The van der Waals surface area contributed by atoms with Gasteiger partial charge in [-0.3, -0.25) is 9.36 Å². The van der Waals surface area contributed by atoms with E-state index in [1.165, 1.54) is 29.5 Å². The topological polar surface area (TPSA) is 80.2 Å². The molecule has 1 amide bonds. The first-order chi connectivity index (χ1) is 13.5. The fraction of sp³-hybridized carbons (Fsp3) is 0.550. The molecule has 7 nitrogen and oxygen atoms in total. The third kappa shape index (κ3) is 3.87. The van der Waals surface area contributed by atoms with Gasteiger partial charge < -0.3 is 9.64 Å². The molecule has 4 rings (SSSR count). The molecule has 0 bridgehead atoms. The SMILES string of the molecule is Cn1c(C2C(C3CC3)CCN2C(=O)COCCc2cccc(F)c2)n[nH]c1=O. The highest BCUT2D eigenvalue weighted by atomic mass is 19.1. The molecule has 2 aliphatic rings. The Balaban J connectivity index is 1.38.